The topological polar surface area (TPSA) is 98.7 Å². The van der Waals surface area contributed by atoms with E-state index in [2.05, 4.69) is 26.7 Å². The van der Waals surface area contributed by atoms with Crippen LogP contribution in [0.5, 0.6) is 0 Å². The van der Waals surface area contributed by atoms with Gasteiger partial charge in [-0.1, -0.05) is 65.4 Å². The smallest absolute Gasteiger partial charge is 0.240 e. The van der Waals surface area contributed by atoms with Crippen LogP contribution in [0.15, 0.2) is 76.4 Å². The zero-order valence-corrected chi connectivity index (χ0v) is 20.4. The molecule has 1 N–H and O–H groups in total. The van der Waals surface area contributed by atoms with Crippen molar-refractivity contribution in [3.05, 3.63) is 72.4 Å². The molecule has 0 spiro atoms. The van der Waals surface area contributed by atoms with Crippen LogP contribution in [-0.4, -0.2) is 36.1 Å². The SMILES string of the molecule is CCn1c(SC(C)C(=O)Nc2cc(C)no2)nnc1-c1cc(-c2ccccc2)nc2ccccc12. The third kappa shape index (κ3) is 4.67. The zero-order chi connectivity index (χ0) is 24.4. The molecule has 176 valence electrons. The summed E-state index contributed by atoms with van der Waals surface area (Å²) in [7, 11) is 0. The molecule has 0 saturated heterocycles. The van der Waals surface area contributed by atoms with Crippen molar-refractivity contribution in [3.63, 3.8) is 0 Å². The van der Waals surface area contributed by atoms with Gasteiger partial charge < -0.3 is 9.09 Å². The number of rotatable bonds is 7. The van der Waals surface area contributed by atoms with E-state index < -0.39 is 5.25 Å². The van der Waals surface area contributed by atoms with E-state index in [0.29, 0.717) is 23.3 Å². The number of hydrogen-bond acceptors (Lipinski definition) is 7. The molecule has 1 atom stereocenters. The number of carbonyl (C=O) groups excluding carboxylic acids is 1. The molecule has 2 aromatic carbocycles. The zero-order valence-electron chi connectivity index (χ0n) is 19.6. The highest BCUT2D eigenvalue weighted by molar-refractivity contribution is 8.00. The van der Waals surface area contributed by atoms with Crippen LogP contribution in [-0.2, 0) is 11.3 Å². The normalized spacial score (nSPS) is 12.1. The summed E-state index contributed by atoms with van der Waals surface area (Å²) in [6.45, 7) is 6.32. The quantitative estimate of drug-likeness (QED) is 0.300. The van der Waals surface area contributed by atoms with E-state index in [9.17, 15) is 4.79 Å². The number of benzene rings is 2. The van der Waals surface area contributed by atoms with E-state index in [1.165, 1.54) is 11.8 Å². The van der Waals surface area contributed by atoms with Gasteiger partial charge in [0.15, 0.2) is 11.0 Å². The molecule has 8 nitrogen and oxygen atoms in total. The Morgan fingerprint density at radius 3 is 2.60 bits per heavy atom. The Labute approximate surface area is 206 Å². The number of fused-ring (bicyclic) bond motifs is 1. The number of hydrogen-bond donors (Lipinski definition) is 1. The van der Waals surface area contributed by atoms with Crippen LogP contribution in [0, 0.1) is 6.92 Å². The average molecular weight is 485 g/mol. The number of para-hydroxylation sites is 1. The molecule has 3 heterocycles. The molecule has 0 bridgehead atoms. The first kappa shape index (κ1) is 22.8. The molecule has 0 aliphatic carbocycles. The molecule has 5 rings (SSSR count). The number of nitrogens with zero attached hydrogens (tertiary/aromatic N) is 5. The predicted octanol–water partition coefficient (Wildman–Crippen LogP) is 5.60. The molecule has 0 fully saturated rings. The Bertz CT molecular complexity index is 1490. The Hall–Kier alpha value is -3.98. The van der Waals surface area contributed by atoms with Crippen LogP contribution < -0.4 is 5.32 Å². The third-order valence-electron chi connectivity index (χ3n) is 5.59. The summed E-state index contributed by atoms with van der Waals surface area (Å²) in [4.78, 5) is 17.6. The number of aryl methyl sites for hydroxylation is 1. The minimum absolute atomic E-state index is 0.195. The highest BCUT2D eigenvalue weighted by Crippen LogP contribution is 2.33. The van der Waals surface area contributed by atoms with Gasteiger partial charge in [-0.3, -0.25) is 10.1 Å². The summed E-state index contributed by atoms with van der Waals surface area (Å²) < 4.78 is 7.13. The molecule has 0 aliphatic heterocycles. The number of amides is 1. The molecule has 0 aliphatic rings. The van der Waals surface area contributed by atoms with Gasteiger partial charge in [-0.05, 0) is 32.9 Å². The van der Waals surface area contributed by atoms with E-state index in [-0.39, 0.29) is 5.91 Å². The fraction of sp³-hybridized carbons (Fsp3) is 0.192. The van der Waals surface area contributed by atoms with Crippen molar-refractivity contribution in [1.29, 1.82) is 0 Å². The van der Waals surface area contributed by atoms with Crippen molar-refractivity contribution in [2.75, 3.05) is 5.32 Å². The summed E-state index contributed by atoms with van der Waals surface area (Å²) in [5.74, 6) is 0.873. The third-order valence-corrected chi connectivity index (χ3v) is 6.67. The minimum Gasteiger partial charge on any atom is -0.338 e. The second kappa shape index (κ2) is 9.71. The fourth-order valence-electron chi connectivity index (χ4n) is 3.83. The summed E-state index contributed by atoms with van der Waals surface area (Å²) in [5, 5.41) is 16.8. The molecule has 35 heavy (non-hydrogen) atoms. The number of aromatic nitrogens is 5. The van der Waals surface area contributed by atoms with E-state index in [4.69, 9.17) is 9.51 Å². The summed E-state index contributed by atoms with van der Waals surface area (Å²) in [6, 6.07) is 21.9. The van der Waals surface area contributed by atoms with Crippen molar-refractivity contribution in [3.8, 4) is 22.6 Å². The van der Waals surface area contributed by atoms with Gasteiger partial charge in [-0.25, -0.2) is 4.98 Å². The summed E-state index contributed by atoms with van der Waals surface area (Å²) in [5.41, 5.74) is 4.44. The van der Waals surface area contributed by atoms with Gasteiger partial charge in [0.2, 0.25) is 11.8 Å². The van der Waals surface area contributed by atoms with Gasteiger partial charge >= 0.3 is 0 Å². The molecule has 1 unspecified atom stereocenters. The maximum Gasteiger partial charge on any atom is 0.240 e. The predicted molar refractivity (Wildman–Crippen MR) is 137 cm³/mol. The lowest BCUT2D eigenvalue weighted by Gasteiger charge is -2.13. The average Bonchev–Trinajstić information content (AvgIpc) is 3.48. The van der Waals surface area contributed by atoms with Gasteiger partial charge in [0.1, 0.15) is 0 Å². The second-order valence-corrected chi connectivity index (χ2v) is 9.38. The Balaban J connectivity index is 1.50. The van der Waals surface area contributed by atoms with E-state index >= 15 is 0 Å². The fourth-order valence-corrected chi connectivity index (χ4v) is 4.75. The molecule has 0 saturated carbocycles. The van der Waals surface area contributed by atoms with Crippen LogP contribution in [0.2, 0.25) is 0 Å². The standard InChI is InChI=1S/C26H24N6O2S/c1-4-32-24(29-30-26(32)35-17(3)25(33)28-23-14-16(2)31-34-23)20-15-22(18-10-6-5-7-11-18)27-21-13-9-8-12-19(20)21/h5-15,17H,4H2,1-3H3,(H,28,33). The maximum absolute atomic E-state index is 12.7. The highest BCUT2D eigenvalue weighted by atomic mass is 32.2. The van der Waals surface area contributed by atoms with Gasteiger partial charge in [0, 0.05) is 29.1 Å². The monoisotopic (exact) mass is 484 g/mol. The summed E-state index contributed by atoms with van der Waals surface area (Å²) in [6.07, 6.45) is 0. The lowest BCUT2D eigenvalue weighted by molar-refractivity contribution is -0.115. The van der Waals surface area contributed by atoms with Gasteiger partial charge in [-0.2, -0.15) is 0 Å². The molecule has 0 radical (unpaired) electrons. The van der Waals surface area contributed by atoms with E-state index in [1.807, 2.05) is 73.0 Å². The largest absolute Gasteiger partial charge is 0.338 e. The second-order valence-electron chi connectivity index (χ2n) is 8.07. The molecule has 3 aromatic heterocycles. The number of thioether (sulfide) groups is 1. The lowest BCUT2D eigenvalue weighted by Crippen LogP contribution is -2.22. The van der Waals surface area contributed by atoms with E-state index in [1.54, 1.807) is 13.0 Å². The Morgan fingerprint density at radius 1 is 1.09 bits per heavy atom. The first-order valence-corrected chi connectivity index (χ1v) is 12.2. The Kier molecular flexibility index (Phi) is 6.33. The van der Waals surface area contributed by atoms with Crippen LogP contribution in [0.1, 0.15) is 19.5 Å². The molecular formula is C26H24N6O2S. The maximum atomic E-state index is 12.7. The van der Waals surface area contributed by atoms with Crippen molar-refractivity contribution in [1.82, 2.24) is 24.9 Å². The lowest BCUT2D eigenvalue weighted by atomic mass is 10.0. The summed E-state index contributed by atoms with van der Waals surface area (Å²) >= 11 is 1.35. The Morgan fingerprint density at radius 2 is 1.86 bits per heavy atom. The minimum atomic E-state index is -0.420. The van der Waals surface area contributed by atoms with Crippen LogP contribution >= 0.6 is 11.8 Å². The van der Waals surface area contributed by atoms with Crippen LogP contribution in [0.25, 0.3) is 33.5 Å². The number of anilines is 1. The highest BCUT2D eigenvalue weighted by Gasteiger charge is 2.22. The van der Waals surface area contributed by atoms with Gasteiger partial charge in [0.25, 0.3) is 0 Å². The number of nitrogens with one attached hydrogen (secondary N) is 1. The first-order valence-electron chi connectivity index (χ1n) is 11.3. The van der Waals surface area contributed by atoms with Gasteiger partial charge in [-0.15, -0.1) is 10.2 Å². The van der Waals surface area contributed by atoms with Crippen LogP contribution in [0.3, 0.4) is 0 Å². The molecule has 5 aromatic rings. The molecular weight excluding hydrogens is 460 g/mol. The van der Waals surface area contributed by atoms with Crippen molar-refractivity contribution in [2.45, 2.75) is 37.7 Å². The van der Waals surface area contributed by atoms with Crippen molar-refractivity contribution < 1.29 is 9.32 Å². The molecule has 1 amide bonds. The molecule has 9 heteroatoms. The van der Waals surface area contributed by atoms with Gasteiger partial charge in [0.05, 0.1) is 22.2 Å². The van der Waals surface area contributed by atoms with Crippen LogP contribution in [0.4, 0.5) is 5.88 Å². The number of carbonyl (C=O) groups is 1. The van der Waals surface area contributed by atoms with E-state index in [0.717, 1.165) is 33.5 Å². The van der Waals surface area contributed by atoms with Crippen molar-refractivity contribution >= 4 is 34.5 Å². The first-order chi connectivity index (χ1) is 17.0. The van der Waals surface area contributed by atoms with Crippen molar-refractivity contribution in [2.24, 2.45) is 0 Å². The number of pyridine rings is 1.